The van der Waals surface area contributed by atoms with Crippen molar-refractivity contribution in [1.29, 1.82) is 0 Å². The van der Waals surface area contributed by atoms with Crippen molar-refractivity contribution < 1.29 is 14.0 Å². The fourth-order valence-electron chi connectivity index (χ4n) is 1.83. The smallest absolute Gasteiger partial charge is 0.246 e. The number of amides is 2. The Morgan fingerprint density at radius 2 is 2.22 bits per heavy atom. The summed E-state index contributed by atoms with van der Waals surface area (Å²) in [6.45, 7) is 0.244. The van der Waals surface area contributed by atoms with Gasteiger partial charge in [-0.3, -0.25) is 14.5 Å². The number of imide groups is 1. The molecule has 2 rings (SSSR count). The Hall–Kier alpha value is -1.46. The Bertz CT molecular complexity index is 507. The van der Waals surface area contributed by atoms with Crippen LogP contribution in [0, 0.1) is 5.82 Å². The van der Waals surface area contributed by atoms with E-state index in [1.165, 1.54) is 13.1 Å². The minimum atomic E-state index is -0.554. The van der Waals surface area contributed by atoms with Crippen molar-refractivity contribution in [3.05, 3.63) is 34.6 Å². The van der Waals surface area contributed by atoms with Crippen LogP contribution in [-0.4, -0.2) is 29.8 Å². The summed E-state index contributed by atoms with van der Waals surface area (Å²) < 4.78 is 13.2. The first-order chi connectivity index (χ1) is 8.50. The van der Waals surface area contributed by atoms with Crippen molar-refractivity contribution in [2.45, 2.75) is 19.0 Å². The van der Waals surface area contributed by atoms with Crippen LogP contribution in [-0.2, 0) is 16.1 Å². The number of hydrogen-bond donors (Lipinski definition) is 1. The normalized spacial score (nSPS) is 19.7. The molecule has 1 N–H and O–H groups in total. The predicted octanol–water partition coefficient (Wildman–Crippen LogP) is 1.33. The van der Waals surface area contributed by atoms with Gasteiger partial charge < -0.3 is 5.32 Å². The topological polar surface area (TPSA) is 49.4 Å². The maximum atomic E-state index is 13.2. The van der Waals surface area contributed by atoms with Gasteiger partial charge in [0.2, 0.25) is 11.8 Å². The third kappa shape index (κ3) is 2.37. The molecule has 1 atom stereocenters. The molecule has 0 aromatic heterocycles. The Kier molecular flexibility index (Phi) is 3.63. The predicted molar refractivity (Wildman–Crippen MR) is 64.4 cm³/mol. The number of rotatable bonds is 3. The summed E-state index contributed by atoms with van der Waals surface area (Å²) in [5.74, 6) is -0.989. The zero-order chi connectivity index (χ0) is 13.3. The van der Waals surface area contributed by atoms with Crippen LogP contribution in [0.4, 0.5) is 4.39 Å². The number of halogens is 2. The summed E-state index contributed by atoms with van der Waals surface area (Å²) in [6.07, 6.45) is 0.127. The van der Waals surface area contributed by atoms with Gasteiger partial charge in [-0.1, -0.05) is 23.7 Å². The molecule has 1 fully saturated rings. The van der Waals surface area contributed by atoms with Gasteiger partial charge in [-0.15, -0.1) is 0 Å². The lowest BCUT2D eigenvalue weighted by atomic mass is 10.2. The molecule has 0 spiro atoms. The second kappa shape index (κ2) is 5.04. The lowest BCUT2D eigenvalue weighted by molar-refractivity contribution is -0.137. The van der Waals surface area contributed by atoms with Crippen molar-refractivity contribution in [3.8, 4) is 0 Å². The summed E-state index contributed by atoms with van der Waals surface area (Å²) in [5, 5.41) is 2.95. The fourth-order valence-corrected chi connectivity index (χ4v) is 2.03. The maximum absolute atomic E-state index is 13.2. The molecular weight excluding hydrogens is 259 g/mol. The highest BCUT2D eigenvalue weighted by atomic mass is 35.5. The molecule has 1 aromatic carbocycles. The average molecular weight is 271 g/mol. The quantitative estimate of drug-likeness (QED) is 0.843. The Morgan fingerprint density at radius 3 is 2.83 bits per heavy atom. The van der Waals surface area contributed by atoms with Gasteiger partial charge >= 0.3 is 0 Å². The number of benzene rings is 1. The SMILES string of the molecule is CN1C(=O)CC(NCc2cccc(F)c2Cl)C1=O. The van der Waals surface area contributed by atoms with Crippen LogP contribution in [0.15, 0.2) is 18.2 Å². The molecule has 18 heavy (non-hydrogen) atoms. The fraction of sp³-hybridized carbons (Fsp3) is 0.333. The third-order valence-electron chi connectivity index (χ3n) is 2.95. The monoisotopic (exact) mass is 270 g/mol. The Balaban J connectivity index is 2.03. The van der Waals surface area contributed by atoms with E-state index in [9.17, 15) is 14.0 Å². The van der Waals surface area contributed by atoms with Crippen molar-refractivity contribution in [2.75, 3.05) is 7.05 Å². The van der Waals surface area contributed by atoms with Crippen LogP contribution in [0.2, 0.25) is 5.02 Å². The molecule has 4 nitrogen and oxygen atoms in total. The van der Waals surface area contributed by atoms with Crippen molar-refractivity contribution in [3.63, 3.8) is 0 Å². The van der Waals surface area contributed by atoms with Gasteiger partial charge in [-0.25, -0.2) is 4.39 Å². The van der Waals surface area contributed by atoms with E-state index in [2.05, 4.69) is 5.32 Å². The van der Waals surface area contributed by atoms with Gasteiger partial charge in [0.15, 0.2) is 0 Å². The van der Waals surface area contributed by atoms with E-state index in [4.69, 9.17) is 11.6 Å². The number of likely N-dealkylation sites (tertiary alicyclic amines) is 1. The second-order valence-corrected chi connectivity index (χ2v) is 4.52. The first-order valence-electron chi connectivity index (χ1n) is 5.47. The molecule has 96 valence electrons. The van der Waals surface area contributed by atoms with E-state index < -0.39 is 11.9 Å². The highest BCUT2D eigenvalue weighted by Gasteiger charge is 2.35. The second-order valence-electron chi connectivity index (χ2n) is 4.14. The molecule has 1 aliphatic rings. The van der Waals surface area contributed by atoms with E-state index in [0.29, 0.717) is 5.56 Å². The Morgan fingerprint density at radius 1 is 1.50 bits per heavy atom. The Labute approximate surface area is 109 Å². The first kappa shape index (κ1) is 13.0. The minimum absolute atomic E-state index is 0.0372. The molecule has 0 saturated carbocycles. The van der Waals surface area contributed by atoms with Crippen LogP contribution in [0.5, 0.6) is 0 Å². The third-order valence-corrected chi connectivity index (χ3v) is 3.38. The highest BCUT2D eigenvalue weighted by molar-refractivity contribution is 6.31. The van der Waals surface area contributed by atoms with Crippen LogP contribution >= 0.6 is 11.6 Å². The largest absolute Gasteiger partial charge is 0.301 e. The maximum Gasteiger partial charge on any atom is 0.246 e. The lowest BCUT2D eigenvalue weighted by Gasteiger charge is -2.12. The summed E-state index contributed by atoms with van der Waals surface area (Å²) in [4.78, 5) is 24.0. The van der Waals surface area contributed by atoms with Gasteiger partial charge in [0.05, 0.1) is 17.5 Å². The van der Waals surface area contributed by atoms with Gasteiger partial charge in [-0.05, 0) is 11.6 Å². The molecule has 0 radical (unpaired) electrons. The van der Waals surface area contributed by atoms with Gasteiger partial charge in [-0.2, -0.15) is 0 Å². The van der Waals surface area contributed by atoms with Crippen LogP contribution in [0.25, 0.3) is 0 Å². The highest BCUT2D eigenvalue weighted by Crippen LogP contribution is 2.20. The molecule has 1 aromatic rings. The van der Waals surface area contributed by atoms with E-state index in [1.54, 1.807) is 12.1 Å². The molecule has 0 aliphatic carbocycles. The number of carbonyl (C=O) groups is 2. The van der Waals surface area contributed by atoms with Crippen molar-refractivity contribution in [2.24, 2.45) is 0 Å². The molecule has 1 heterocycles. The first-order valence-corrected chi connectivity index (χ1v) is 5.85. The summed E-state index contributed by atoms with van der Waals surface area (Å²) in [5.41, 5.74) is 0.562. The van der Waals surface area contributed by atoms with E-state index in [0.717, 1.165) is 4.90 Å². The summed E-state index contributed by atoms with van der Waals surface area (Å²) in [6, 6.07) is 3.93. The molecule has 6 heteroatoms. The van der Waals surface area contributed by atoms with Gasteiger partial charge in [0, 0.05) is 13.6 Å². The van der Waals surface area contributed by atoms with Crippen LogP contribution < -0.4 is 5.32 Å². The standard InChI is InChI=1S/C12H12ClFN2O2/c1-16-10(17)5-9(12(16)18)15-6-7-3-2-4-8(14)11(7)13/h2-4,9,15H,5-6H2,1H3. The number of nitrogens with one attached hydrogen (secondary N) is 1. The number of likely N-dealkylation sites (N-methyl/N-ethyl adjacent to an activating group) is 1. The number of nitrogens with zero attached hydrogens (tertiary/aromatic N) is 1. The van der Waals surface area contributed by atoms with Crippen LogP contribution in [0.3, 0.4) is 0 Å². The molecule has 2 amide bonds. The minimum Gasteiger partial charge on any atom is -0.301 e. The average Bonchev–Trinajstić information content (AvgIpc) is 2.59. The zero-order valence-electron chi connectivity index (χ0n) is 9.74. The number of carbonyl (C=O) groups excluding carboxylic acids is 2. The van der Waals surface area contributed by atoms with Gasteiger partial charge in [0.1, 0.15) is 5.82 Å². The molecular formula is C12H12ClFN2O2. The molecule has 0 bridgehead atoms. The molecule has 1 unspecified atom stereocenters. The van der Waals surface area contributed by atoms with E-state index in [-0.39, 0.29) is 29.8 Å². The molecule has 1 aliphatic heterocycles. The summed E-state index contributed by atoms with van der Waals surface area (Å²) in [7, 11) is 1.45. The summed E-state index contributed by atoms with van der Waals surface area (Å²) >= 11 is 5.80. The van der Waals surface area contributed by atoms with Crippen molar-refractivity contribution in [1.82, 2.24) is 10.2 Å². The van der Waals surface area contributed by atoms with Gasteiger partial charge in [0.25, 0.3) is 0 Å². The van der Waals surface area contributed by atoms with Crippen LogP contribution in [0.1, 0.15) is 12.0 Å². The lowest BCUT2D eigenvalue weighted by Crippen LogP contribution is -2.36. The molecule has 1 saturated heterocycles. The van der Waals surface area contributed by atoms with Crippen molar-refractivity contribution >= 4 is 23.4 Å². The zero-order valence-corrected chi connectivity index (χ0v) is 10.5. The van der Waals surface area contributed by atoms with E-state index in [1.807, 2.05) is 0 Å². The number of hydrogen-bond acceptors (Lipinski definition) is 3. The van der Waals surface area contributed by atoms with E-state index >= 15 is 0 Å².